The molecule has 1 atom stereocenters. The molecule has 0 aliphatic heterocycles. The fourth-order valence-electron chi connectivity index (χ4n) is 1.89. The van der Waals surface area contributed by atoms with Gasteiger partial charge in [0.05, 0.1) is 0 Å². The molecule has 0 aromatic heterocycles. The Bertz CT molecular complexity index is 417. The van der Waals surface area contributed by atoms with Gasteiger partial charge in [0.2, 0.25) is 5.91 Å². The van der Waals surface area contributed by atoms with Crippen LogP contribution in [-0.4, -0.2) is 35.5 Å². The number of benzene rings is 1. The summed E-state index contributed by atoms with van der Waals surface area (Å²) < 4.78 is 0. The summed E-state index contributed by atoms with van der Waals surface area (Å²) in [5.41, 5.74) is 1.20. The highest BCUT2D eigenvalue weighted by atomic mass is 16.4. The Kier molecular flexibility index (Phi) is 6.06. The summed E-state index contributed by atoms with van der Waals surface area (Å²) in [5.74, 6) is -0.971. The molecule has 0 aliphatic rings. The topological polar surface area (TPSA) is 57.6 Å². The summed E-state index contributed by atoms with van der Waals surface area (Å²) in [6.45, 7) is 2.44. The number of carboxylic acids is 1. The van der Waals surface area contributed by atoms with Gasteiger partial charge in [-0.3, -0.25) is 9.59 Å². The van der Waals surface area contributed by atoms with Crippen molar-refractivity contribution in [2.75, 3.05) is 13.6 Å². The molecule has 0 fully saturated rings. The van der Waals surface area contributed by atoms with Gasteiger partial charge in [-0.15, -0.1) is 0 Å². The standard InChI is InChI=1S/C15H21NO3/c1-12(11-15(18)19)10-14(17)16(2)9-8-13-6-4-3-5-7-13/h3-7,12H,8-11H2,1-2H3,(H,18,19). The molecule has 1 amide bonds. The minimum atomic E-state index is -0.854. The van der Waals surface area contributed by atoms with Crippen molar-refractivity contribution in [2.24, 2.45) is 5.92 Å². The fraction of sp³-hybridized carbons (Fsp3) is 0.467. The van der Waals surface area contributed by atoms with Crippen molar-refractivity contribution >= 4 is 11.9 Å². The molecule has 1 aromatic rings. The average molecular weight is 263 g/mol. The molecule has 1 rings (SSSR count). The molecule has 0 saturated carbocycles. The molecule has 104 valence electrons. The third kappa shape index (κ3) is 6.04. The molecule has 0 radical (unpaired) electrons. The Balaban J connectivity index is 2.34. The predicted molar refractivity (Wildman–Crippen MR) is 73.8 cm³/mol. The lowest BCUT2D eigenvalue weighted by molar-refractivity contribution is -0.138. The molecule has 19 heavy (non-hydrogen) atoms. The van der Waals surface area contributed by atoms with Gasteiger partial charge in [-0.1, -0.05) is 37.3 Å². The van der Waals surface area contributed by atoms with Crippen LogP contribution in [0.5, 0.6) is 0 Å². The van der Waals surface area contributed by atoms with E-state index in [1.165, 1.54) is 5.56 Å². The highest BCUT2D eigenvalue weighted by molar-refractivity contribution is 5.77. The zero-order chi connectivity index (χ0) is 14.3. The third-order valence-corrected chi connectivity index (χ3v) is 3.05. The number of amides is 1. The number of nitrogens with zero attached hydrogens (tertiary/aromatic N) is 1. The van der Waals surface area contributed by atoms with E-state index in [0.29, 0.717) is 6.54 Å². The molecule has 0 saturated heterocycles. The smallest absolute Gasteiger partial charge is 0.303 e. The van der Waals surface area contributed by atoms with Crippen molar-refractivity contribution < 1.29 is 14.7 Å². The van der Waals surface area contributed by atoms with E-state index in [4.69, 9.17) is 5.11 Å². The normalized spacial score (nSPS) is 11.9. The molecule has 0 spiro atoms. The monoisotopic (exact) mass is 263 g/mol. The number of aliphatic carboxylic acids is 1. The summed E-state index contributed by atoms with van der Waals surface area (Å²) in [6.07, 6.45) is 1.15. The van der Waals surface area contributed by atoms with Crippen LogP contribution in [0.15, 0.2) is 30.3 Å². The van der Waals surface area contributed by atoms with Crippen LogP contribution in [0.3, 0.4) is 0 Å². The number of hydrogen-bond acceptors (Lipinski definition) is 2. The molecule has 4 heteroatoms. The van der Waals surface area contributed by atoms with Crippen molar-refractivity contribution in [3.05, 3.63) is 35.9 Å². The fourth-order valence-corrected chi connectivity index (χ4v) is 1.89. The number of carbonyl (C=O) groups excluding carboxylic acids is 1. The largest absolute Gasteiger partial charge is 0.481 e. The highest BCUT2D eigenvalue weighted by Gasteiger charge is 2.15. The van der Waals surface area contributed by atoms with Crippen LogP contribution in [0.25, 0.3) is 0 Å². The van der Waals surface area contributed by atoms with Crippen LogP contribution in [0.4, 0.5) is 0 Å². The van der Waals surface area contributed by atoms with Gasteiger partial charge in [0.25, 0.3) is 0 Å². The van der Waals surface area contributed by atoms with Gasteiger partial charge in [-0.05, 0) is 17.9 Å². The van der Waals surface area contributed by atoms with E-state index in [0.717, 1.165) is 6.42 Å². The lowest BCUT2D eigenvalue weighted by Gasteiger charge is -2.19. The molecule has 0 heterocycles. The molecule has 0 aliphatic carbocycles. The Morgan fingerprint density at radius 1 is 1.21 bits per heavy atom. The van der Waals surface area contributed by atoms with Crippen LogP contribution >= 0.6 is 0 Å². The number of carbonyl (C=O) groups is 2. The number of carboxylic acid groups (broad SMARTS) is 1. The van der Waals surface area contributed by atoms with E-state index in [-0.39, 0.29) is 24.7 Å². The van der Waals surface area contributed by atoms with E-state index < -0.39 is 5.97 Å². The second kappa shape index (κ2) is 7.56. The van der Waals surface area contributed by atoms with Gasteiger partial charge >= 0.3 is 5.97 Å². The predicted octanol–water partition coefficient (Wildman–Crippen LogP) is 2.19. The second-order valence-electron chi connectivity index (χ2n) is 4.96. The average Bonchev–Trinajstić information content (AvgIpc) is 2.36. The number of rotatable bonds is 7. The van der Waals surface area contributed by atoms with Crippen LogP contribution in [0.2, 0.25) is 0 Å². The molecule has 1 N–H and O–H groups in total. The lowest BCUT2D eigenvalue weighted by Crippen LogP contribution is -2.30. The maximum atomic E-state index is 11.9. The van der Waals surface area contributed by atoms with E-state index in [1.807, 2.05) is 30.3 Å². The minimum absolute atomic E-state index is 0.00433. The number of likely N-dealkylation sites (N-methyl/N-ethyl adjacent to an activating group) is 1. The maximum absolute atomic E-state index is 11.9. The Labute approximate surface area is 114 Å². The second-order valence-corrected chi connectivity index (χ2v) is 4.96. The minimum Gasteiger partial charge on any atom is -0.481 e. The first-order valence-electron chi connectivity index (χ1n) is 6.48. The van der Waals surface area contributed by atoms with Crippen molar-refractivity contribution in [3.8, 4) is 0 Å². The Hall–Kier alpha value is -1.84. The molecular formula is C15H21NO3. The molecular weight excluding hydrogens is 242 g/mol. The third-order valence-electron chi connectivity index (χ3n) is 3.05. The SMILES string of the molecule is CC(CC(=O)O)CC(=O)N(C)CCc1ccccc1. The first-order chi connectivity index (χ1) is 8.99. The highest BCUT2D eigenvalue weighted by Crippen LogP contribution is 2.10. The van der Waals surface area contributed by atoms with Gasteiger partial charge in [-0.2, -0.15) is 0 Å². The van der Waals surface area contributed by atoms with E-state index in [1.54, 1.807) is 18.9 Å². The summed E-state index contributed by atoms with van der Waals surface area (Å²) in [5, 5.41) is 8.66. The van der Waals surface area contributed by atoms with Crippen LogP contribution in [0, 0.1) is 5.92 Å². The zero-order valence-corrected chi connectivity index (χ0v) is 11.5. The quantitative estimate of drug-likeness (QED) is 0.820. The summed E-state index contributed by atoms with van der Waals surface area (Å²) >= 11 is 0. The first-order valence-corrected chi connectivity index (χ1v) is 6.48. The summed E-state index contributed by atoms with van der Waals surface area (Å²) in [4.78, 5) is 24.1. The van der Waals surface area contributed by atoms with Gasteiger partial charge in [0, 0.05) is 26.4 Å². The van der Waals surface area contributed by atoms with Crippen LogP contribution in [-0.2, 0) is 16.0 Å². The summed E-state index contributed by atoms with van der Waals surface area (Å²) in [7, 11) is 1.76. The van der Waals surface area contributed by atoms with Gasteiger partial charge in [0.15, 0.2) is 0 Å². The maximum Gasteiger partial charge on any atom is 0.303 e. The van der Waals surface area contributed by atoms with Gasteiger partial charge in [0.1, 0.15) is 0 Å². The molecule has 1 aromatic carbocycles. The Morgan fingerprint density at radius 3 is 2.42 bits per heavy atom. The van der Waals surface area contributed by atoms with Crippen LogP contribution < -0.4 is 0 Å². The van der Waals surface area contributed by atoms with Crippen molar-refractivity contribution in [1.29, 1.82) is 0 Å². The van der Waals surface area contributed by atoms with E-state index in [2.05, 4.69) is 0 Å². The van der Waals surface area contributed by atoms with Crippen molar-refractivity contribution in [1.82, 2.24) is 4.90 Å². The molecule has 0 bridgehead atoms. The summed E-state index contributed by atoms with van der Waals surface area (Å²) in [6, 6.07) is 9.99. The zero-order valence-electron chi connectivity index (χ0n) is 11.5. The van der Waals surface area contributed by atoms with Gasteiger partial charge in [-0.25, -0.2) is 0 Å². The van der Waals surface area contributed by atoms with Crippen LogP contribution in [0.1, 0.15) is 25.3 Å². The lowest BCUT2D eigenvalue weighted by atomic mass is 10.0. The number of hydrogen-bond donors (Lipinski definition) is 1. The Morgan fingerprint density at radius 2 is 1.84 bits per heavy atom. The van der Waals surface area contributed by atoms with E-state index in [9.17, 15) is 9.59 Å². The molecule has 4 nitrogen and oxygen atoms in total. The van der Waals surface area contributed by atoms with Crippen molar-refractivity contribution in [3.63, 3.8) is 0 Å². The van der Waals surface area contributed by atoms with Gasteiger partial charge < -0.3 is 10.0 Å². The van der Waals surface area contributed by atoms with Crippen molar-refractivity contribution in [2.45, 2.75) is 26.2 Å². The van der Waals surface area contributed by atoms with E-state index >= 15 is 0 Å². The first kappa shape index (κ1) is 15.2. The molecule has 1 unspecified atom stereocenters.